The first kappa shape index (κ1) is 30.6. The van der Waals surface area contributed by atoms with Gasteiger partial charge in [-0.3, -0.25) is 19.8 Å². The minimum atomic E-state index is -4.81. The maximum absolute atomic E-state index is 13.3. The van der Waals surface area contributed by atoms with Gasteiger partial charge < -0.3 is 15.1 Å². The minimum Gasteiger partial charge on any atom is -0.371 e. The summed E-state index contributed by atoms with van der Waals surface area (Å²) in [4.78, 5) is 29.1. The van der Waals surface area contributed by atoms with Crippen LogP contribution in [-0.2, 0) is 16.4 Å². The number of hydrogen-bond acceptors (Lipinski definition) is 6. The van der Waals surface area contributed by atoms with Crippen molar-refractivity contribution in [1.29, 1.82) is 0 Å². The molecule has 2 aliphatic heterocycles. The maximum atomic E-state index is 13.3. The Morgan fingerprint density at radius 3 is 2.07 bits per heavy atom. The average Bonchev–Trinajstić information content (AvgIpc) is 2.92. The van der Waals surface area contributed by atoms with E-state index in [1.165, 1.54) is 17.3 Å². The molecule has 224 valence electrons. The van der Waals surface area contributed by atoms with Gasteiger partial charge in [0.2, 0.25) is 5.91 Å². The van der Waals surface area contributed by atoms with Gasteiger partial charge in [0, 0.05) is 69.2 Å². The number of piperazine rings is 1. The first-order chi connectivity index (χ1) is 19.3. The summed E-state index contributed by atoms with van der Waals surface area (Å²) < 4.78 is 40.0. The van der Waals surface area contributed by atoms with Gasteiger partial charge in [-0.2, -0.15) is 13.2 Å². The fourth-order valence-corrected chi connectivity index (χ4v) is 5.55. The molecule has 0 unspecified atom stereocenters. The van der Waals surface area contributed by atoms with Gasteiger partial charge in [0.15, 0.2) is 0 Å². The number of hydrogen-bond donors (Lipinski definition) is 1. The summed E-state index contributed by atoms with van der Waals surface area (Å²) in [6, 6.07) is 11.9. The maximum Gasteiger partial charge on any atom is 0.423 e. The second kappa shape index (κ2) is 12.7. The molecule has 8 nitrogen and oxygen atoms in total. The molecule has 2 saturated heterocycles. The highest BCUT2D eigenvalue weighted by molar-refractivity contribution is 5.76. The van der Waals surface area contributed by atoms with Crippen molar-refractivity contribution in [2.24, 2.45) is 0 Å². The Bertz CT molecular complexity index is 1200. The summed E-state index contributed by atoms with van der Waals surface area (Å²) in [7, 11) is 0. The van der Waals surface area contributed by atoms with Gasteiger partial charge in [0.1, 0.15) is 5.56 Å². The smallest absolute Gasteiger partial charge is 0.371 e. The molecule has 2 aliphatic rings. The predicted octanol–water partition coefficient (Wildman–Crippen LogP) is 5.60. The first-order valence-corrected chi connectivity index (χ1v) is 14.3. The van der Waals surface area contributed by atoms with Crippen LogP contribution in [0, 0.1) is 10.1 Å². The fourth-order valence-electron chi connectivity index (χ4n) is 5.55. The van der Waals surface area contributed by atoms with E-state index in [0.29, 0.717) is 38.0 Å². The molecule has 0 atom stereocenters. The molecular weight excluding hydrogens is 535 g/mol. The van der Waals surface area contributed by atoms with Gasteiger partial charge in [-0.05, 0) is 61.1 Å². The monoisotopic (exact) mass is 575 g/mol. The van der Waals surface area contributed by atoms with E-state index in [9.17, 15) is 28.1 Å². The van der Waals surface area contributed by atoms with Crippen LogP contribution in [-0.4, -0.2) is 67.6 Å². The van der Waals surface area contributed by atoms with E-state index < -0.39 is 22.4 Å². The molecule has 41 heavy (non-hydrogen) atoms. The summed E-state index contributed by atoms with van der Waals surface area (Å²) in [6.45, 7) is 12.3. The Balaban J connectivity index is 1.16. The lowest BCUT2D eigenvalue weighted by molar-refractivity contribution is -0.388. The van der Waals surface area contributed by atoms with Crippen LogP contribution in [0.3, 0.4) is 0 Å². The van der Waals surface area contributed by atoms with Crippen LogP contribution in [0.25, 0.3) is 0 Å². The van der Waals surface area contributed by atoms with Crippen molar-refractivity contribution in [2.45, 2.75) is 64.1 Å². The average molecular weight is 576 g/mol. The summed E-state index contributed by atoms with van der Waals surface area (Å²) in [5.41, 5.74) is 0.822. The zero-order valence-electron chi connectivity index (χ0n) is 24.0. The van der Waals surface area contributed by atoms with Crippen molar-refractivity contribution >= 4 is 23.0 Å². The second-order valence-electron chi connectivity index (χ2n) is 12.0. The van der Waals surface area contributed by atoms with Crippen molar-refractivity contribution in [3.63, 3.8) is 0 Å². The van der Waals surface area contributed by atoms with E-state index in [2.05, 4.69) is 60.2 Å². The van der Waals surface area contributed by atoms with Gasteiger partial charge in [-0.1, -0.05) is 32.9 Å². The topological polar surface area (TPSA) is 82.0 Å². The summed E-state index contributed by atoms with van der Waals surface area (Å²) in [6.07, 6.45) is -2.40. The molecule has 0 radical (unpaired) electrons. The van der Waals surface area contributed by atoms with Crippen LogP contribution >= 0.6 is 0 Å². The molecule has 0 aliphatic carbocycles. The molecule has 2 heterocycles. The zero-order chi connectivity index (χ0) is 29.8. The molecule has 2 aromatic rings. The lowest BCUT2D eigenvalue weighted by Crippen LogP contribution is -2.47. The molecule has 2 fully saturated rings. The fraction of sp³-hybridized carbons (Fsp3) is 0.567. The quantitative estimate of drug-likeness (QED) is 0.326. The van der Waals surface area contributed by atoms with Crippen molar-refractivity contribution in [3.05, 3.63) is 63.7 Å². The molecule has 11 heteroatoms. The number of halogens is 3. The van der Waals surface area contributed by atoms with Crippen LogP contribution < -0.4 is 15.1 Å². The normalized spacial score (nSPS) is 17.5. The Hall–Kier alpha value is -3.34. The molecular formula is C30H40F3N5O3. The number of benzene rings is 2. The van der Waals surface area contributed by atoms with E-state index in [1.807, 2.05) is 0 Å². The lowest BCUT2D eigenvalue weighted by atomic mass is 9.87. The molecule has 4 rings (SSSR count). The van der Waals surface area contributed by atoms with E-state index in [-0.39, 0.29) is 17.4 Å². The number of amides is 1. The summed E-state index contributed by atoms with van der Waals surface area (Å²) >= 11 is 0. The third-order valence-corrected chi connectivity index (χ3v) is 8.06. The number of piperidine rings is 1. The van der Waals surface area contributed by atoms with Gasteiger partial charge in [-0.15, -0.1) is 0 Å². The van der Waals surface area contributed by atoms with E-state index >= 15 is 0 Å². The number of anilines is 2. The number of carbonyl (C=O) groups is 1. The molecule has 0 aromatic heterocycles. The molecule has 0 spiro atoms. The Labute approximate surface area is 239 Å². The molecule has 0 saturated carbocycles. The Morgan fingerprint density at radius 1 is 0.927 bits per heavy atom. The van der Waals surface area contributed by atoms with Crippen LogP contribution in [0.15, 0.2) is 42.5 Å². The zero-order valence-corrected chi connectivity index (χ0v) is 24.0. The summed E-state index contributed by atoms with van der Waals surface area (Å²) in [5.74, 6) is -0.00397. The Morgan fingerprint density at radius 2 is 1.51 bits per heavy atom. The van der Waals surface area contributed by atoms with Gasteiger partial charge in [0.05, 0.1) is 4.92 Å². The summed E-state index contributed by atoms with van der Waals surface area (Å²) in [5, 5.41) is 14.1. The number of nitro benzene ring substituents is 1. The largest absolute Gasteiger partial charge is 0.423 e. The molecule has 1 N–H and O–H groups in total. The second-order valence-corrected chi connectivity index (χ2v) is 12.0. The minimum absolute atomic E-state index is 0.00397. The van der Waals surface area contributed by atoms with Crippen molar-refractivity contribution in [3.8, 4) is 0 Å². The number of rotatable bonds is 8. The van der Waals surface area contributed by atoms with E-state index in [4.69, 9.17) is 0 Å². The highest BCUT2D eigenvalue weighted by atomic mass is 19.4. The van der Waals surface area contributed by atoms with E-state index in [0.717, 1.165) is 51.3 Å². The predicted molar refractivity (Wildman–Crippen MR) is 155 cm³/mol. The lowest BCUT2D eigenvalue weighted by Gasteiger charge is -2.36. The van der Waals surface area contributed by atoms with Gasteiger partial charge in [0.25, 0.3) is 5.69 Å². The van der Waals surface area contributed by atoms with Crippen LogP contribution in [0.5, 0.6) is 0 Å². The van der Waals surface area contributed by atoms with E-state index in [1.54, 1.807) is 4.90 Å². The van der Waals surface area contributed by atoms with Crippen LogP contribution in [0.1, 0.15) is 57.6 Å². The highest BCUT2D eigenvalue weighted by Crippen LogP contribution is 2.38. The third kappa shape index (κ3) is 8.12. The van der Waals surface area contributed by atoms with Crippen LogP contribution in [0.4, 0.5) is 30.2 Å². The van der Waals surface area contributed by atoms with Crippen molar-refractivity contribution in [1.82, 2.24) is 10.2 Å². The number of alkyl halides is 3. The van der Waals surface area contributed by atoms with Gasteiger partial charge in [-0.25, -0.2) is 0 Å². The van der Waals surface area contributed by atoms with Gasteiger partial charge >= 0.3 is 6.18 Å². The highest BCUT2D eigenvalue weighted by Gasteiger charge is 2.39. The Kier molecular flexibility index (Phi) is 9.46. The third-order valence-electron chi connectivity index (χ3n) is 8.06. The number of carbonyl (C=O) groups excluding carboxylic acids is 1. The SMILES string of the molecule is CC(C)(C)c1ccc(N2CCN(CCCC(=O)NC3CCN(c4ccc([N+](=O)[O-])c(C(F)(F)F)c4)CC3)CC2)cc1. The standard InChI is InChI=1S/C30H40F3N5O3/c1-29(2,3)22-6-8-24(9-7-22)37-19-17-35(18-20-37)14-4-5-28(39)34-23-12-15-36(16-13-23)25-10-11-27(38(40)41)26(21-25)30(31,32)33/h6-11,21,23H,4-5,12-20H2,1-3H3,(H,34,39). The van der Waals surface area contributed by atoms with Crippen molar-refractivity contribution < 1.29 is 22.9 Å². The molecule has 1 amide bonds. The first-order valence-electron chi connectivity index (χ1n) is 14.3. The number of nitro groups is 1. The van der Waals surface area contributed by atoms with Crippen LogP contribution in [0.2, 0.25) is 0 Å². The molecule has 0 bridgehead atoms. The number of nitrogens with zero attached hydrogens (tertiary/aromatic N) is 4. The van der Waals surface area contributed by atoms with Crippen molar-refractivity contribution in [2.75, 3.05) is 55.6 Å². The molecule has 2 aromatic carbocycles. The number of nitrogens with one attached hydrogen (secondary N) is 1.